The van der Waals surface area contributed by atoms with Gasteiger partial charge in [0.05, 0.1) is 10.9 Å². The molecule has 0 saturated heterocycles. The maximum Gasteiger partial charge on any atom is 0.433 e. The smallest absolute Gasteiger partial charge is 0.325 e. The number of hydrogen-bond acceptors (Lipinski definition) is 4. The van der Waals surface area contributed by atoms with Crippen LogP contribution in [-0.4, -0.2) is 21.1 Å². The molecule has 0 spiro atoms. The van der Waals surface area contributed by atoms with Gasteiger partial charge in [-0.15, -0.1) is 0 Å². The van der Waals surface area contributed by atoms with Gasteiger partial charge >= 0.3 is 6.18 Å². The summed E-state index contributed by atoms with van der Waals surface area (Å²) in [6, 6.07) is 26.8. The Kier molecular flexibility index (Phi) is 7.51. The number of amides is 1. The van der Waals surface area contributed by atoms with Gasteiger partial charge in [0.25, 0.3) is 0 Å². The number of anilines is 1. The molecule has 1 heterocycles. The van der Waals surface area contributed by atoms with Gasteiger partial charge in [0.1, 0.15) is 5.69 Å². The van der Waals surface area contributed by atoms with E-state index in [1.54, 1.807) is 37.3 Å². The molecular weight excluding hydrogens is 471 g/mol. The van der Waals surface area contributed by atoms with Gasteiger partial charge in [0, 0.05) is 11.3 Å². The van der Waals surface area contributed by atoms with E-state index in [-0.39, 0.29) is 16.8 Å². The number of alkyl halides is 3. The van der Waals surface area contributed by atoms with E-state index in [4.69, 9.17) is 0 Å². The molecule has 35 heavy (non-hydrogen) atoms. The summed E-state index contributed by atoms with van der Waals surface area (Å²) in [6.45, 7) is 1.62. The second-order valence-corrected chi connectivity index (χ2v) is 9.16. The molecule has 0 aliphatic rings. The van der Waals surface area contributed by atoms with Gasteiger partial charge < -0.3 is 5.32 Å². The van der Waals surface area contributed by atoms with Crippen molar-refractivity contribution in [1.29, 1.82) is 0 Å². The van der Waals surface area contributed by atoms with Crippen LogP contribution in [0.2, 0.25) is 0 Å². The molecule has 0 aliphatic carbocycles. The maximum atomic E-state index is 13.5. The van der Waals surface area contributed by atoms with Gasteiger partial charge in [0.2, 0.25) is 5.91 Å². The largest absolute Gasteiger partial charge is 0.433 e. The zero-order valence-corrected chi connectivity index (χ0v) is 19.6. The van der Waals surface area contributed by atoms with E-state index in [0.29, 0.717) is 17.7 Å². The standard InChI is InChI=1S/C27H22F3N3OS/c1-18(25(34)31-22-15-9-8-14-21(22)16-19-10-4-2-5-11-19)35-26-32-23(20-12-6-3-7-13-20)17-24(33-26)27(28,29)30/h2-15,17-18H,16H2,1H3,(H,31,34). The van der Waals surface area contributed by atoms with Crippen LogP contribution in [0.3, 0.4) is 0 Å². The molecule has 0 bridgehead atoms. The Hall–Kier alpha value is -3.65. The highest BCUT2D eigenvalue weighted by Crippen LogP contribution is 2.33. The number of thioether (sulfide) groups is 1. The van der Waals surface area contributed by atoms with Crippen molar-refractivity contribution in [1.82, 2.24) is 9.97 Å². The molecule has 178 valence electrons. The molecule has 4 nitrogen and oxygen atoms in total. The van der Waals surface area contributed by atoms with E-state index in [2.05, 4.69) is 15.3 Å². The van der Waals surface area contributed by atoms with E-state index in [1.807, 2.05) is 54.6 Å². The summed E-state index contributed by atoms with van der Waals surface area (Å²) in [7, 11) is 0. The minimum Gasteiger partial charge on any atom is -0.325 e. The summed E-state index contributed by atoms with van der Waals surface area (Å²) in [4.78, 5) is 20.9. The number of nitrogens with zero attached hydrogens (tertiary/aromatic N) is 2. The van der Waals surface area contributed by atoms with Crippen LogP contribution in [0.25, 0.3) is 11.3 Å². The van der Waals surface area contributed by atoms with E-state index < -0.39 is 17.1 Å². The zero-order valence-electron chi connectivity index (χ0n) is 18.8. The molecule has 0 fully saturated rings. The molecular formula is C27H22F3N3OS. The molecule has 4 aromatic rings. The van der Waals surface area contributed by atoms with Gasteiger partial charge in [0.15, 0.2) is 5.16 Å². The SMILES string of the molecule is CC(Sc1nc(-c2ccccc2)cc(C(F)(F)F)n1)C(=O)Nc1ccccc1Cc1ccccc1. The topological polar surface area (TPSA) is 54.9 Å². The third-order valence-electron chi connectivity index (χ3n) is 5.23. The fourth-order valence-electron chi connectivity index (χ4n) is 3.44. The van der Waals surface area contributed by atoms with Crippen LogP contribution >= 0.6 is 11.8 Å². The number of para-hydroxylation sites is 1. The maximum absolute atomic E-state index is 13.5. The Bertz CT molecular complexity index is 1300. The predicted octanol–water partition coefficient (Wildman–Crippen LogP) is 6.87. The minimum atomic E-state index is -4.64. The first-order valence-corrected chi connectivity index (χ1v) is 11.8. The molecule has 0 aliphatic heterocycles. The van der Waals surface area contributed by atoms with Crippen LogP contribution in [0.4, 0.5) is 18.9 Å². The quantitative estimate of drug-likeness (QED) is 0.225. The fourth-order valence-corrected chi connectivity index (χ4v) is 4.22. The first-order chi connectivity index (χ1) is 16.8. The first kappa shape index (κ1) is 24.5. The van der Waals surface area contributed by atoms with E-state index in [1.165, 1.54) is 0 Å². The van der Waals surface area contributed by atoms with E-state index in [0.717, 1.165) is 29.0 Å². The van der Waals surface area contributed by atoms with Crippen molar-refractivity contribution >= 4 is 23.4 Å². The van der Waals surface area contributed by atoms with Crippen molar-refractivity contribution in [2.45, 2.75) is 29.9 Å². The molecule has 3 aromatic carbocycles. The number of carbonyl (C=O) groups is 1. The number of rotatable bonds is 7. The van der Waals surface area contributed by atoms with Crippen LogP contribution in [0.5, 0.6) is 0 Å². The normalized spacial score (nSPS) is 12.2. The highest BCUT2D eigenvalue weighted by molar-refractivity contribution is 8.00. The second-order valence-electron chi connectivity index (χ2n) is 7.85. The van der Waals surface area contributed by atoms with E-state index >= 15 is 0 Å². The van der Waals surface area contributed by atoms with Crippen molar-refractivity contribution in [3.63, 3.8) is 0 Å². The number of benzene rings is 3. The third kappa shape index (κ3) is 6.48. The Morgan fingerprint density at radius 2 is 1.54 bits per heavy atom. The number of hydrogen-bond donors (Lipinski definition) is 1. The fraction of sp³-hybridized carbons (Fsp3) is 0.148. The van der Waals surface area contributed by atoms with Crippen molar-refractivity contribution < 1.29 is 18.0 Å². The number of aromatic nitrogens is 2. The zero-order chi connectivity index (χ0) is 24.8. The predicted molar refractivity (Wildman–Crippen MR) is 132 cm³/mol. The molecule has 1 aromatic heterocycles. The lowest BCUT2D eigenvalue weighted by atomic mass is 10.0. The molecule has 4 rings (SSSR count). The first-order valence-electron chi connectivity index (χ1n) is 10.9. The van der Waals surface area contributed by atoms with Gasteiger partial charge in [-0.1, -0.05) is 90.6 Å². The summed E-state index contributed by atoms with van der Waals surface area (Å²) in [5, 5.41) is 2.06. The molecule has 8 heteroatoms. The molecule has 1 amide bonds. The molecule has 1 N–H and O–H groups in total. The van der Waals surface area contributed by atoms with Gasteiger partial charge in [-0.2, -0.15) is 13.2 Å². The lowest BCUT2D eigenvalue weighted by molar-refractivity contribution is -0.141. The Labute approximate surface area is 205 Å². The highest BCUT2D eigenvalue weighted by atomic mass is 32.2. The number of halogens is 3. The summed E-state index contributed by atoms with van der Waals surface area (Å²) in [6.07, 6.45) is -4.00. The third-order valence-corrected chi connectivity index (χ3v) is 6.19. The summed E-state index contributed by atoms with van der Waals surface area (Å²) in [5.74, 6) is -0.349. The van der Waals surface area contributed by atoms with Gasteiger partial charge in [-0.3, -0.25) is 4.79 Å². The average molecular weight is 494 g/mol. The Morgan fingerprint density at radius 1 is 0.914 bits per heavy atom. The molecule has 1 atom stereocenters. The summed E-state index contributed by atoms with van der Waals surface area (Å²) < 4.78 is 40.5. The Balaban J connectivity index is 1.53. The van der Waals surface area contributed by atoms with Crippen molar-refractivity contribution in [2.24, 2.45) is 0 Å². The van der Waals surface area contributed by atoms with Crippen molar-refractivity contribution in [3.8, 4) is 11.3 Å². The summed E-state index contributed by atoms with van der Waals surface area (Å²) in [5.41, 5.74) is 2.33. The molecule has 1 unspecified atom stereocenters. The molecule has 0 saturated carbocycles. The second kappa shape index (κ2) is 10.7. The van der Waals surface area contributed by atoms with Crippen LogP contribution in [0, 0.1) is 0 Å². The van der Waals surface area contributed by atoms with E-state index in [9.17, 15) is 18.0 Å². The van der Waals surface area contributed by atoms with Gasteiger partial charge in [-0.25, -0.2) is 9.97 Å². The minimum absolute atomic E-state index is 0.112. The number of carbonyl (C=O) groups excluding carboxylic acids is 1. The summed E-state index contributed by atoms with van der Waals surface area (Å²) >= 11 is 0.886. The Morgan fingerprint density at radius 3 is 2.23 bits per heavy atom. The average Bonchev–Trinajstić information content (AvgIpc) is 2.85. The lowest BCUT2D eigenvalue weighted by Gasteiger charge is -2.15. The van der Waals surface area contributed by atoms with Crippen LogP contribution in [0.15, 0.2) is 96.2 Å². The van der Waals surface area contributed by atoms with Crippen LogP contribution < -0.4 is 5.32 Å². The van der Waals surface area contributed by atoms with Crippen LogP contribution in [0.1, 0.15) is 23.7 Å². The van der Waals surface area contributed by atoms with Crippen molar-refractivity contribution in [2.75, 3.05) is 5.32 Å². The van der Waals surface area contributed by atoms with Crippen molar-refractivity contribution in [3.05, 3.63) is 108 Å². The molecule has 0 radical (unpaired) electrons. The van der Waals surface area contributed by atoms with Crippen LogP contribution in [-0.2, 0) is 17.4 Å². The lowest BCUT2D eigenvalue weighted by Crippen LogP contribution is -2.23. The highest BCUT2D eigenvalue weighted by Gasteiger charge is 2.34. The monoisotopic (exact) mass is 493 g/mol. The number of nitrogens with one attached hydrogen (secondary N) is 1. The van der Waals surface area contributed by atoms with Gasteiger partial charge in [-0.05, 0) is 36.6 Å².